The van der Waals surface area contributed by atoms with Gasteiger partial charge in [0.2, 0.25) is 0 Å². The zero-order chi connectivity index (χ0) is 16.7. The van der Waals surface area contributed by atoms with Crippen molar-refractivity contribution >= 4 is 5.97 Å². The number of benzene rings is 2. The van der Waals surface area contributed by atoms with Gasteiger partial charge in [-0.1, -0.05) is 44.4 Å². The lowest BCUT2D eigenvalue weighted by atomic mass is 9.95. The van der Waals surface area contributed by atoms with Crippen LogP contribution in [0.3, 0.4) is 0 Å². The van der Waals surface area contributed by atoms with Gasteiger partial charge in [-0.15, -0.1) is 0 Å². The summed E-state index contributed by atoms with van der Waals surface area (Å²) in [5, 5.41) is 10.2. The summed E-state index contributed by atoms with van der Waals surface area (Å²) in [6.45, 7) is 3.56. The smallest absolute Gasteiger partial charge is 0.308 e. The number of aromatic hydroxyl groups is 1. The highest BCUT2D eigenvalue weighted by Gasteiger charge is 2.10. The number of rotatable bonds is 7. The molecule has 0 aliphatic carbocycles. The zero-order valence-corrected chi connectivity index (χ0v) is 13.8. The molecule has 23 heavy (non-hydrogen) atoms. The van der Waals surface area contributed by atoms with Gasteiger partial charge < -0.3 is 9.84 Å². The largest absolute Gasteiger partial charge is 0.508 e. The quantitative estimate of drug-likeness (QED) is 0.449. The second-order valence-corrected chi connectivity index (χ2v) is 5.65. The Morgan fingerprint density at radius 2 is 1.87 bits per heavy atom. The molecule has 0 amide bonds. The van der Waals surface area contributed by atoms with Crippen LogP contribution in [0.2, 0.25) is 0 Å². The maximum absolute atomic E-state index is 11.0. The molecule has 1 N–H and O–H groups in total. The van der Waals surface area contributed by atoms with E-state index < -0.39 is 0 Å². The third kappa shape index (κ3) is 4.85. The number of hydrogen-bond donors (Lipinski definition) is 1. The van der Waals surface area contributed by atoms with Crippen LogP contribution in [0.5, 0.6) is 11.5 Å². The van der Waals surface area contributed by atoms with Crippen molar-refractivity contribution < 1.29 is 14.6 Å². The number of hydrogen-bond acceptors (Lipinski definition) is 3. The fourth-order valence-electron chi connectivity index (χ4n) is 2.61. The van der Waals surface area contributed by atoms with Crippen molar-refractivity contribution in [1.82, 2.24) is 0 Å². The Bertz CT molecular complexity index is 644. The fraction of sp³-hybridized carbons (Fsp3) is 0.350. The van der Waals surface area contributed by atoms with Crippen LogP contribution in [0.15, 0.2) is 36.4 Å². The third-order valence-corrected chi connectivity index (χ3v) is 3.76. The average Bonchev–Trinajstić information content (AvgIpc) is 2.53. The van der Waals surface area contributed by atoms with Crippen LogP contribution in [0.1, 0.15) is 45.1 Å². The Morgan fingerprint density at radius 1 is 1.13 bits per heavy atom. The summed E-state index contributed by atoms with van der Waals surface area (Å²) in [4.78, 5) is 11.0. The number of esters is 1. The predicted octanol–water partition coefficient (Wildman–Crippen LogP) is 4.91. The molecule has 0 heterocycles. The summed E-state index contributed by atoms with van der Waals surface area (Å²) in [7, 11) is 0. The number of unbranched alkanes of at least 4 members (excludes halogenated alkanes) is 3. The van der Waals surface area contributed by atoms with E-state index in [-0.39, 0.29) is 5.97 Å². The van der Waals surface area contributed by atoms with Gasteiger partial charge in [0.25, 0.3) is 0 Å². The van der Waals surface area contributed by atoms with Crippen molar-refractivity contribution in [3.05, 3.63) is 48.0 Å². The van der Waals surface area contributed by atoms with Gasteiger partial charge in [0.1, 0.15) is 11.5 Å². The molecule has 2 aromatic rings. The molecule has 1 radical (unpaired) electrons. The molecule has 0 saturated heterocycles. The highest BCUT2D eigenvalue weighted by Crippen LogP contribution is 2.32. The first-order chi connectivity index (χ1) is 11.1. The number of carbonyl (C=O) groups excluding carboxylic acids is 1. The molecule has 0 aliphatic heterocycles. The topological polar surface area (TPSA) is 46.5 Å². The SMILES string of the molecule is CCCCCCc1c(-c2ccc(OC(C)=O)cc2)[c]ccc1O. The van der Waals surface area contributed by atoms with E-state index in [4.69, 9.17) is 4.74 Å². The summed E-state index contributed by atoms with van der Waals surface area (Å²) in [5.41, 5.74) is 2.81. The first-order valence-electron chi connectivity index (χ1n) is 8.13. The summed E-state index contributed by atoms with van der Waals surface area (Å²) >= 11 is 0. The minimum absolute atomic E-state index is 0.319. The Morgan fingerprint density at radius 3 is 2.52 bits per heavy atom. The Balaban J connectivity index is 2.21. The molecule has 0 fully saturated rings. The van der Waals surface area contributed by atoms with Crippen LogP contribution in [0, 0.1) is 6.07 Å². The molecule has 0 aromatic heterocycles. The molecular formula is C20H23O3. The van der Waals surface area contributed by atoms with E-state index in [1.165, 1.54) is 19.8 Å². The second kappa shape index (κ2) is 8.37. The highest BCUT2D eigenvalue weighted by atomic mass is 16.5. The highest BCUT2D eigenvalue weighted by molar-refractivity contribution is 5.72. The van der Waals surface area contributed by atoms with Gasteiger partial charge in [-0.3, -0.25) is 4.79 Å². The van der Waals surface area contributed by atoms with Crippen LogP contribution in [-0.4, -0.2) is 11.1 Å². The molecule has 121 valence electrons. The monoisotopic (exact) mass is 311 g/mol. The van der Waals surface area contributed by atoms with E-state index in [9.17, 15) is 9.90 Å². The Labute approximate surface area is 137 Å². The summed E-state index contributed by atoms with van der Waals surface area (Å²) < 4.78 is 5.05. The van der Waals surface area contributed by atoms with E-state index in [1.54, 1.807) is 24.3 Å². The van der Waals surface area contributed by atoms with E-state index in [0.717, 1.165) is 36.0 Å². The summed E-state index contributed by atoms with van der Waals surface area (Å²) in [5.74, 6) is 0.503. The number of phenolic OH excluding ortho intramolecular Hbond substituents is 1. The van der Waals surface area contributed by atoms with Crippen LogP contribution >= 0.6 is 0 Å². The minimum Gasteiger partial charge on any atom is -0.508 e. The summed E-state index contributed by atoms with van der Waals surface area (Å²) in [6.07, 6.45) is 5.46. The molecule has 0 spiro atoms. The van der Waals surface area contributed by atoms with Gasteiger partial charge in [0, 0.05) is 12.5 Å². The van der Waals surface area contributed by atoms with Gasteiger partial charge >= 0.3 is 5.97 Å². The fourth-order valence-corrected chi connectivity index (χ4v) is 2.61. The summed E-state index contributed by atoms with van der Waals surface area (Å²) in [6, 6.07) is 13.9. The lowest BCUT2D eigenvalue weighted by Crippen LogP contribution is -2.01. The van der Waals surface area contributed by atoms with Crippen LogP contribution in [0.25, 0.3) is 11.1 Å². The maximum Gasteiger partial charge on any atom is 0.308 e. The lowest BCUT2D eigenvalue weighted by Gasteiger charge is -2.12. The number of phenols is 1. The van der Waals surface area contributed by atoms with Crippen LogP contribution < -0.4 is 4.74 Å². The molecular weight excluding hydrogens is 288 g/mol. The molecule has 0 unspecified atom stereocenters. The van der Waals surface area contributed by atoms with E-state index in [1.807, 2.05) is 12.1 Å². The van der Waals surface area contributed by atoms with Gasteiger partial charge in [-0.25, -0.2) is 0 Å². The Hall–Kier alpha value is -2.29. The van der Waals surface area contributed by atoms with Gasteiger partial charge in [0.05, 0.1) is 0 Å². The van der Waals surface area contributed by atoms with Gasteiger partial charge in [-0.2, -0.15) is 0 Å². The Kier molecular flexibility index (Phi) is 6.21. The average molecular weight is 311 g/mol. The van der Waals surface area contributed by atoms with Gasteiger partial charge in [0.15, 0.2) is 0 Å². The minimum atomic E-state index is -0.335. The molecule has 2 aromatic carbocycles. The molecule has 0 atom stereocenters. The lowest BCUT2D eigenvalue weighted by molar-refractivity contribution is -0.131. The normalized spacial score (nSPS) is 10.5. The van der Waals surface area contributed by atoms with Crippen molar-refractivity contribution in [3.63, 3.8) is 0 Å². The standard InChI is InChI=1S/C20H23O3/c1-3-4-5-6-8-19-18(9-7-10-20(19)22)16-11-13-17(14-12-16)23-15(2)21/h7,10-14,22H,3-6,8H2,1-2H3. The van der Waals surface area contributed by atoms with Crippen molar-refractivity contribution in [2.45, 2.75) is 46.0 Å². The van der Waals surface area contributed by atoms with Crippen molar-refractivity contribution in [2.75, 3.05) is 0 Å². The van der Waals surface area contributed by atoms with E-state index in [2.05, 4.69) is 13.0 Å². The molecule has 0 aliphatic rings. The molecule has 3 nitrogen and oxygen atoms in total. The zero-order valence-electron chi connectivity index (χ0n) is 13.8. The first kappa shape index (κ1) is 17.1. The molecule has 0 saturated carbocycles. The van der Waals surface area contributed by atoms with E-state index >= 15 is 0 Å². The molecule has 0 bridgehead atoms. The van der Waals surface area contributed by atoms with Crippen molar-refractivity contribution in [1.29, 1.82) is 0 Å². The van der Waals surface area contributed by atoms with Crippen LogP contribution in [0.4, 0.5) is 0 Å². The third-order valence-electron chi connectivity index (χ3n) is 3.76. The maximum atomic E-state index is 11.0. The van der Waals surface area contributed by atoms with Crippen LogP contribution in [-0.2, 0) is 11.2 Å². The van der Waals surface area contributed by atoms with Gasteiger partial charge in [-0.05, 0) is 48.2 Å². The first-order valence-corrected chi connectivity index (χ1v) is 8.13. The van der Waals surface area contributed by atoms with E-state index in [0.29, 0.717) is 11.5 Å². The van der Waals surface area contributed by atoms with Crippen molar-refractivity contribution in [3.8, 4) is 22.6 Å². The molecule has 2 rings (SSSR count). The van der Waals surface area contributed by atoms with Crippen molar-refractivity contribution in [2.24, 2.45) is 0 Å². The second-order valence-electron chi connectivity index (χ2n) is 5.65. The number of ether oxygens (including phenoxy) is 1. The predicted molar refractivity (Wildman–Crippen MR) is 91.5 cm³/mol. The molecule has 3 heteroatoms. The number of carbonyl (C=O) groups is 1.